The Morgan fingerprint density at radius 3 is 2.32 bits per heavy atom. The third-order valence-corrected chi connectivity index (χ3v) is 8.58. The molecule has 178 valence electrons. The Morgan fingerprint density at radius 2 is 1.77 bits per heavy atom. The molecule has 1 aromatic rings. The van der Waals surface area contributed by atoms with E-state index in [4.69, 9.17) is 19.0 Å². The van der Waals surface area contributed by atoms with Crippen molar-refractivity contribution in [1.29, 1.82) is 0 Å². The first-order valence-electron chi connectivity index (χ1n) is 8.19. The Labute approximate surface area is 178 Å². The van der Waals surface area contributed by atoms with Crippen LogP contribution in [0.1, 0.15) is 18.6 Å². The molecule has 0 amide bonds. The number of nitrogens with one attached hydrogen (secondary N) is 1. The number of rotatable bonds is 9. The Bertz CT molecular complexity index is 1070. The van der Waals surface area contributed by atoms with Crippen molar-refractivity contribution in [1.82, 2.24) is 9.55 Å². The minimum atomic E-state index is -5.53. The van der Waals surface area contributed by atoms with E-state index in [2.05, 4.69) is 20.4 Å². The summed E-state index contributed by atoms with van der Waals surface area (Å²) in [6.45, 7) is -3.68. The number of aromatic nitrogens is 2. The molecule has 0 aliphatic carbocycles. The highest BCUT2D eigenvalue weighted by atomic mass is 32.5. The number of H-pyrrole nitrogens is 1. The van der Waals surface area contributed by atoms with Crippen LogP contribution < -0.4 is 11.2 Å². The van der Waals surface area contributed by atoms with Gasteiger partial charge >= 0.3 is 28.1 Å². The second kappa shape index (κ2) is 9.71. The molecule has 2 rings (SSSR count). The molecular weight excluding hydrogens is 509 g/mol. The lowest BCUT2D eigenvalue weighted by Gasteiger charge is -2.21. The topological polar surface area (TPSA) is 247 Å². The molecule has 0 radical (unpaired) electrons. The molecule has 0 bridgehead atoms. The number of aromatic amines is 1. The van der Waals surface area contributed by atoms with Gasteiger partial charge in [0, 0.05) is 12.7 Å². The highest BCUT2D eigenvalue weighted by molar-refractivity contribution is 8.08. The number of aliphatic hydroxyl groups is 2. The van der Waals surface area contributed by atoms with Gasteiger partial charge in [-0.1, -0.05) is 0 Å². The van der Waals surface area contributed by atoms with Crippen LogP contribution in [0.25, 0.3) is 0 Å². The van der Waals surface area contributed by atoms with Crippen molar-refractivity contribution in [3.8, 4) is 0 Å². The summed E-state index contributed by atoms with van der Waals surface area (Å²) in [6, 6.07) is 0. The number of hydrogen-bond acceptors (Lipinski definition) is 11. The number of hydrogen-bond donors (Lipinski definition) is 7. The van der Waals surface area contributed by atoms with E-state index in [1.165, 1.54) is 0 Å². The van der Waals surface area contributed by atoms with Crippen molar-refractivity contribution >= 4 is 34.2 Å². The fourth-order valence-corrected chi connectivity index (χ4v) is 6.55. The predicted octanol–water partition coefficient (Wildman–Crippen LogP) is -1.82. The van der Waals surface area contributed by atoms with Crippen molar-refractivity contribution in [2.24, 2.45) is 0 Å². The molecule has 31 heavy (non-hydrogen) atoms. The average molecular weight is 528 g/mol. The summed E-state index contributed by atoms with van der Waals surface area (Å²) in [4.78, 5) is 61.8. The van der Waals surface area contributed by atoms with E-state index < -0.39 is 64.6 Å². The summed E-state index contributed by atoms with van der Waals surface area (Å²) >= 11 is 4.44. The van der Waals surface area contributed by atoms with Crippen molar-refractivity contribution in [3.05, 3.63) is 32.6 Å². The first-order chi connectivity index (χ1) is 14.1. The lowest BCUT2D eigenvalue weighted by molar-refractivity contribution is -0.0198. The molecule has 6 atom stereocenters. The average Bonchev–Trinajstić information content (AvgIpc) is 2.85. The van der Waals surface area contributed by atoms with E-state index in [1.807, 2.05) is 4.98 Å². The van der Waals surface area contributed by atoms with Crippen molar-refractivity contribution < 1.29 is 56.8 Å². The molecule has 0 spiro atoms. The first-order valence-corrected chi connectivity index (χ1v) is 13.8. The number of nitrogens with zero attached hydrogens (tertiary/aromatic N) is 1. The van der Waals surface area contributed by atoms with Gasteiger partial charge in [0.05, 0.1) is 12.2 Å². The maximum Gasteiger partial charge on any atom is 0.488 e. The molecule has 16 nitrogen and oxygen atoms in total. The fraction of sp³-hybridized carbons (Fsp3) is 0.636. The summed E-state index contributed by atoms with van der Waals surface area (Å²) in [7, 11) is -11.0. The molecule has 1 aromatic heterocycles. The third-order valence-electron chi connectivity index (χ3n) is 3.87. The van der Waals surface area contributed by atoms with Crippen LogP contribution in [-0.4, -0.2) is 64.3 Å². The van der Waals surface area contributed by atoms with Crippen LogP contribution >= 0.6 is 22.4 Å². The Balaban J connectivity index is 2.12. The SMILES string of the molecule is CCn1cc([C@@H]2O[C@H](COP(O)(=S)OP(=O)(O)OP(=O)(O)O)C(O)[C@@H]2O)c(=O)[nH]c1=O. The summed E-state index contributed by atoms with van der Waals surface area (Å²) < 4.78 is 40.8. The van der Waals surface area contributed by atoms with Gasteiger partial charge in [0.15, 0.2) is 0 Å². The minimum absolute atomic E-state index is 0.184. The number of aryl methyl sites for hydroxylation is 1. The van der Waals surface area contributed by atoms with Crippen molar-refractivity contribution in [2.45, 2.75) is 37.9 Å². The molecule has 0 aromatic carbocycles. The minimum Gasteiger partial charge on any atom is -0.387 e. The summed E-state index contributed by atoms with van der Waals surface area (Å²) in [5, 5.41) is 20.3. The van der Waals surface area contributed by atoms with Crippen LogP contribution in [0.4, 0.5) is 0 Å². The van der Waals surface area contributed by atoms with Crippen molar-refractivity contribution in [3.63, 3.8) is 0 Å². The number of aliphatic hydroxyl groups excluding tert-OH is 2. The lowest BCUT2D eigenvalue weighted by atomic mass is 10.0. The summed E-state index contributed by atoms with van der Waals surface area (Å²) in [5.41, 5.74) is -1.77. The molecule has 1 aliphatic heterocycles. The van der Waals surface area contributed by atoms with E-state index in [9.17, 15) is 38.7 Å². The summed E-state index contributed by atoms with van der Waals surface area (Å²) in [6.07, 6.45) is -5.07. The second-order valence-corrected chi connectivity index (χ2v) is 11.9. The first kappa shape index (κ1) is 26.6. The molecule has 1 saturated heterocycles. The number of phosphoric acid groups is 2. The van der Waals surface area contributed by atoms with E-state index in [1.54, 1.807) is 6.92 Å². The van der Waals surface area contributed by atoms with Crippen LogP contribution in [0.2, 0.25) is 0 Å². The quantitative estimate of drug-likeness (QED) is 0.174. The smallest absolute Gasteiger partial charge is 0.387 e. The highest BCUT2D eigenvalue weighted by Crippen LogP contribution is 2.66. The van der Waals surface area contributed by atoms with Crippen LogP contribution in [-0.2, 0) is 45.4 Å². The predicted molar refractivity (Wildman–Crippen MR) is 103 cm³/mol. The van der Waals surface area contributed by atoms with Crippen LogP contribution in [0.15, 0.2) is 15.8 Å². The molecule has 20 heteroatoms. The van der Waals surface area contributed by atoms with E-state index in [0.717, 1.165) is 10.8 Å². The van der Waals surface area contributed by atoms with Gasteiger partial charge in [-0.2, -0.15) is 4.31 Å². The van der Waals surface area contributed by atoms with E-state index in [-0.39, 0.29) is 12.1 Å². The maximum atomic E-state index is 12.1. The molecule has 2 heterocycles. The van der Waals surface area contributed by atoms with E-state index >= 15 is 0 Å². The standard InChI is InChI=1S/C11H19N2O14P3S/c1-2-13-3-5(10(16)12-11(13)17)9-8(15)7(14)6(25-9)4-24-30(23,31)27-29(21,22)26-28(18,19)20/h3,6-9,14-15H,2,4H2,1H3,(H,21,22)(H,23,31)(H,12,16,17)(H2,18,19,20)/t6-,7?,8+,9+,30?/m1/s1. The molecule has 1 fully saturated rings. The van der Waals surface area contributed by atoms with Crippen LogP contribution in [0.5, 0.6) is 0 Å². The van der Waals surface area contributed by atoms with Gasteiger partial charge in [0.2, 0.25) is 0 Å². The summed E-state index contributed by atoms with van der Waals surface area (Å²) in [5.74, 6) is 0. The van der Waals surface area contributed by atoms with Gasteiger partial charge in [0.25, 0.3) is 5.56 Å². The Kier molecular flexibility index (Phi) is 8.35. The normalized spacial score (nSPS) is 28.2. The van der Waals surface area contributed by atoms with Gasteiger partial charge in [-0.05, 0) is 18.7 Å². The number of ether oxygens (including phenoxy) is 1. The second-order valence-electron chi connectivity index (χ2n) is 6.09. The third kappa shape index (κ3) is 7.19. The van der Waals surface area contributed by atoms with Gasteiger partial charge in [-0.15, -0.1) is 0 Å². The zero-order valence-electron chi connectivity index (χ0n) is 15.4. The van der Waals surface area contributed by atoms with Crippen molar-refractivity contribution in [2.75, 3.05) is 6.61 Å². The van der Waals surface area contributed by atoms with Gasteiger partial charge in [-0.3, -0.25) is 9.78 Å². The lowest BCUT2D eigenvalue weighted by Crippen LogP contribution is -2.36. The zero-order chi connectivity index (χ0) is 23.8. The molecule has 0 saturated carbocycles. The monoisotopic (exact) mass is 528 g/mol. The zero-order valence-corrected chi connectivity index (χ0v) is 18.9. The molecular formula is C11H19N2O14P3S. The van der Waals surface area contributed by atoms with Gasteiger partial charge in [0.1, 0.15) is 24.4 Å². The van der Waals surface area contributed by atoms with E-state index in [0.29, 0.717) is 0 Å². The van der Waals surface area contributed by atoms with Crippen LogP contribution in [0, 0.1) is 0 Å². The Hall–Kier alpha value is -0.610. The fourth-order valence-electron chi connectivity index (χ4n) is 2.58. The molecule has 3 unspecified atom stereocenters. The molecule has 1 aliphatic rings. The Morgan fingerprint density at radius 1 is 1.16 bits per heavy atom. The highest BCUT2D eigenvalue weighted by Gasteiger charge is 2.46. The largest absolute Gasteiger partial charge is 0.488 e. The maximum absolute atomic E-state index is 12.1. The molecule has 7 N–H and O–H groups in total. The van der Waals surface area contributed by atoms with Gasteiger partial charge in [-0.25, -0.2) is 18.2 Å². The van der Waals surface area contributed by atoms with Crippen LogP contribution in [0.3, 0.4) is 0 Å². The van der Waals surface area contributed by atoms with Gasteiger partial charge < -0.3 is 43.6 Å².